The minimum absolute atomic E-state index is 0.388. The molecular formula is C24H28N10O8S. The smallest absolute Gasteiger partial charge is 0.134 e. The number of rotatable bonds is 8. The van der Waals surface area contributed by atoms with Crippen LogP contribution in [0.5, 0.6) is 0 Å². The zero-order chi connectivity index (χ0) is 30.1. The van der Waals surface area contributed by atoms with E-state index in [1.807, 2.05) is 0 Å². The molecule has 2 saturated heterocycles. The summed E-state index contributed by atoms with van der Waals surface area (Å²) in [5.74, 6) is 0. The van der Waals surface area contributed by atoms with Gasteiger partial charge < -0.3 is 40.1 Å². The van der Waals surface area contributed by atoms with Crippen molar-refractivity contribution in [2.75, 3.05) is 13.2 Å². The van der Waals surface area contributed by atoms with Crippen LogP contribution in [0.15, 0.2) is 49.8 Å². The van der Waals surface area contributed by atoms with Crippen molar-refractivity contribution in [3.05, 3.63) is 49.8 Å². The number of hydrogen-bond donors (Lipinski definition) is 6. The third-order valence-corrected chi connectivity index (χ3v) is 8.63. The summed E-state index contributed by atoms with van der Waals surface area (Å²) in [7, 11) is 0. The Morgan fingerprint density at radius 1 is 0.628 bits per heavy atom. The van der Waals surface area contributed by atoms with Gasteiger partial charge in [0.05, 0.1) is 25.6 Å². The van der Waals surface area contributed by atoms with E-state index in [0.717, 1.165) is 11.8 Å². The summed E-state index contributed by atoms with van der Waals surface area (Å²) in [5, 5.41) is 80.9. The van der Waals surface area contributed by atoms with Gasteiger partial charge in [0.25, 0.3) is 0 Å². The summed E-state index contributed by atoms with van der Waals surface area (Å²) >= 11 is 0.851. The summed E-state index contributed by atoms with van der Waals surface area (Å²) < 4.78 is 14.2. The molecule has 0 amide bonds. The van der Waals surface area contributed by atoms with E-state index in [1.54, 1.807) is 0 Å². The molecule has 4 aromatic rings. The predicted molar refractivity (Wildman–Crippen MR) is 143 cm³/mol. The van der Waals surface area contributed by atoms with Crippen molar-refractivity contribution in [3.63, 3.8) is 0 Å². The molecule has 0 spiro atoms. The normalized spacial score (nSPS) is 33.0. The zero-order valence-corrected chi connectivity index (χ0v) is 23.0. The Balaban J connectivity index is 1.25. The van der Waals surface area contributed by atoms with Gasteiger partial charge >= 0.3 is 0 Å². The first kappa shape index (κ1) is 29.5. The fraction of sp³-hybridized carbons (Fsp3) is 0.500. The molecule has 0 radical (unpaired) electrons. The minimum Gasteiger partial charge on any atom is -0.394 e. The Morgan fingerprint density at radius 2 is 1.02 bits per heavy atom. The SMILES string of the molecule is OCC1O[C@@H](S[C@@H]2O[C@H](CO)C(O)C(n3cc(-c4cncnc4)nn3)[C@H]2O)C(O)[C@@H](n2cc(-c3cncnc3)nn2)[C@H]1O. The first-order valence-electron chi connectivity index (χ1n) is 13.1. The molecule has 0 aromatic carbocycles. The fourth-order valence-electron chi connectivity index (χ4n) is 5.09. The molecule has 4 aromatic heterocycles. The monoisotopic (exact) mass is 616 g/mol. The Morgan fingerprint density at radius 3 is 1.40 bits per heavy atom. The molecule has 4 unspecified atom stereocenters. The minimum atomic E-state index is -1.44. The van der Waals surface area contributed by atoms with Gasteiger partial charge in [0.2, 0.25) is 0 Å². The van der Waals surface area contributed by atoms with Gasteiger partial charge in [0.15, 0.2) is 0 Å². The van der Waals surface area contributed by atoms with Crippen LogP contribution in [0.1, 0.15) is 12.1 Å². The average molecular weight is 617 g/mol. The van der Waals surface area contributed by atoms with Crippen LogP contribution >= 0.6 is 11.8 Å². The van der Waals surface area contributed by atoms with Crippen LogP contribution in [0.25, 0.3) is 22.5 Å². The molecule has 2 aliphatic rings. The van der Waals surface area contributed by atoms with Crippen molar-refractivity contribution in [1.82, 2.24) is 49.9 Å². The molecule has 6 N–H and O–H groups in total. The van der Waals surface area contributed by atoms with Gasteiger partial charge in [-0.3, -0.25) is 0 Å². The maximum Gasteiger partial charge on any atom is 0.134 e. The maximum absolute atomic E-state index is 11.4. The van der Waals surface area contributed by atoms with Crippen molar-refractivity contribution < 1.29 is 40.1 Å². The number of aliphatic hydroxyl groups excluding tert-OH is 6. The van der Waals surface area contributed by atoms with Crippen LogP contribution < -0.4 is 0 Å². The van der Waals surface area contributed by atoms with E-state index in [4.69, 9.17) is 9.47 Å². The van der Waals surface area contributed by atoms with Crippen LogP contribution in [0.3, 0.4) is 0 Å². The van der Waals surface area contributed by atoms with Gasteiger partial charge in [-0.15, -0.1) is 10.2 Å². The first-order chi connectivity index (χ1) is 20.9. The van der Waals surface area contributed by atoms with Gasteiger partial charge in [-0.25, -0.2) is 29.3 Å². The number of thioether (sulfide) groups is 1. The summed E-state index contributed by atoms with van der Waals surface area (Å²) in [6.07, 6.45) is 3.93. The Kier molecular flexibility index (Phi) is 8.66. The molecule has 0 saturated carbocycles. The van der Waals surface area contributed by atoms with E-state index >= 15 is 0 Å². The van der Waals surface area contributed by atoms with Gasteiger partial charge in [-0.1, -0.05) is 22.2 Å². The van der Waals surface area contributed by atoms with Gasteiger partial charge in [-0.05, 0) is 0 Å². The van der Waals surface area contributed by atoms with E-state index < -0.39 is 72.8 Å². The Labute approximate surface area is 247 Å². The quantitative estimate of drug-likeness (QED) is 0.117. The molecule has 228 valence electrons. The van der Waals surface area contributed by atoms with Crippen molar-refractivity contribution in [3.8, 4) is 22.5 Å². The molecule has 0 aliphatic carbocycles. The van der Waals surface area contributed by atoms with E-state index in [-0.39, 0.29) is 0 Å². The van der Waals surface area contributed by atoms with Crippen molar-refractivity contribution in [1.29, 1.82) is 0 Å². The number of aliphatic hydroxyl groups is 6. The second-order valence-corrected chi connectivity index (χ2v) is 11.2. The fourth-order valence-corrected chi connectivity index (χ4v) is 6.41. The van der Waals surface area contributed by atoms with Crippen molar-refractivity contribution >= 4 is 11.8 Å². The number of aromatic nitrogens is 10. The molecule has 18 nitrogen and oxygen atoms in total. The molecule has 43 heavy (non-hydrogen) atoms. The standard InChI is InChI=1S/C24H28N10O8S/c35-7-15-19(37)17(33-5-13(29-31-33)11-1-25-9-26-2-11)21(39)23(41-15)43-24-22(40)18(20(38)16(8-36)42-24)34-6-14(30-32-34)12-3-27-10-28-4-12/h1-6,9-10,15-24,35-40H,7-8H2/t15-,16?,17?,18+,19?,20+,21-,22?,23+,24+/m1/s1. The highest BCUT2D eigenvalue weighted by atomic mass is 32.2. The summed E-state index contributed by atoms with van der Waals surface area (Å²) in [4.78, 5) is 15.8. The van der Waals surface area contributed by atoms with E-state index in [9.17, 15) is 30.6 Å². The van der Waals surface area contributed by atoms with Gasteiger partial charge in [0.1, 0.15) is 83.6 Å². The van der Waals surface area contributed by atoms with E-state index in [1.165, 1.54) is 59.2 Å². The Hall–Kier alpha value is -3.53. The van der Waals surface area contributed by atoms with Crippen molar-refractivity contribution in [2.45, 2.75) is 59.6 Å². The van der Waals surface area contributed by atoms with Crippen LogP contribution in [-0.4, -0.2) is 141 Å². The third kappa shape index (κ3) is 5.73. The lowest BCUT2D eigenvalue weighted by atomic mass is 9.97. The molecule has 10 atom stereocenters. The molecule has 0 bridgehead atoms. The summed E-state index contributed by atoms with van der Waals surface area (Å²) in [6.45, 7) is -1.18. The maximum atomic E-state index is 11.4. The van der Waals surface area contributed by atoms with Crippen LogP contribution in [0, 0.1) is 0 Å². The summed E-state index contributed by atoms with van der Waals surface area (Å²) in [5.41, 5.74) is -0.437. The topological polar surface area (TPSA) is 253 Å². The van der Waals surface area contributed by atoms with Crippen LogP contribution in [0.2, 0.25) is 0 Å². The largest absolute Gasteiger partial charge is 0.394 e. The highest BCUT2D eigenvalue weighted by molar-refractivity contribution is 8.00. The second kappa shape index (κ2) is 12.6. The number of hydrogen-bond acceptors (Lipinski definition) is 17. The first-order valence-corrected chi connectivity index (χ1v) is 14.1. The lowest BCUT2D eigenvalue weighted by Crippen LogP contribution is -2.58. The number of ether oxygens (including phenoxy) is 2. The summed E-state index contributed by atoms with van der Waals surface area (Å²) in [6, 6.07) is -2.23. The van der Waals surface area contributed by atoms with Crippen LogP contribution in [-0.2, 0) is 9.47 Å². The van der Waals surface area contributed by atoms with E-state index in [2.05, 4.69) is 40.6 Å². The van der Waals surface area contributed by atoms with Crippen LogP contribution in [0.4, 0.5) is 0 Å². The highest BCUT2D eigenvalue weighted by Gasteiger charge is 2.51. The molecule has 2 fully saturated rings. The molecule has 2 aliphatic heterocycles. The highest BCUT2D eigenvalue weighted by Crippen LogP contribution is 2.42. The van der Waals surface area contributed by atoms with Gasteiger partial charge in [-0.2, -0.15) is 0 Å². The average Bonchev–Trinajstić information content (AvgIpc) is 3.72. The lowest BCUT2D eigenvalue weighted by molar-refractivity contribution is -0.189. The lowest BCUT2D eigenvalue weighted by Gasteiger charge is -2.46. The number of nitrogens with zero attached hydrogens (tertiary/aromatic N) is 10. The predicted octanol–water partition coefficient (Wildman–Crippen LogP) is -2.82. The van der Waals surface area contributed by atoms with Crippen molar-refractivity contribution in [2.24, 2.45) is 0 Å². The van der Waals surface area contributed by atoms with Gasteiger partial charge in [0, 0.05) is 35.9 Å². The molecule has 19 heteroatoms. The second-order valence-electron chi connectivity index (χ2n) is 9.95. The Bertz CT molecular complexity index is 1380. The van der Waals surface area contributed by atoms with E-state index in [0.29, 0.717) is 22.5 Å². The zero-order valence-electron chi connectivity index (χ0n) is 22.2. The molecule has 6 rings (SSSR count). The molecular weight excluding hydrogens is 588 g/mol. The third-order valence-electron chi connectivity index (χ3n) is 7.31. The molecule has 6 heterocycles.